The Balaban J connectivity index is 3.02. The van der Waals surface area contributed by atoms with Crippen molar-refractivity contribution in [1.29, 1.82) is 0 Å². The summed E-state index contributed by atoms with van der Waals surface area (Å²) in [5, 5.41) is 6.15. The van der Waals surface area contributed by atoms with Gasteiger partial charge in [-0.05, 0) is 0 Å². The second-order valence-electron chi connectivity index (χ2n) is 0.912. The van der Waals surface area contributed by atoms with Gasteiger partial charge in [0.15, 0.2) is 0 Å². The molecule has 1 heterocycles. The van der Waals surface area contributed by atoms with E-state index in [9.17, 15) is 4.39 Å². The lowest BCUT2D eigenvalue weighted by Crippen LogP contribution is -1.87. The molecule has 0 aliphatic heterocycles. The SMILES string of the molecule is Fc1nccnn1. The molecule has 0 N–H and O–H groups in total. The van der Waals surface area contributed by atoms with Crippen molar-refractivity contribution in [3.05, 3.63) is 18.5 Å². The predicted molar refractivity (Wildman–Crippen MR) is 19.8 cm³/mol. The first-order valence-electron chi connectivity index (χ1n) is 1.69. The summed E-state index contributed by atoms with van der Waals surface area (Å²) < 4.78 is 11.6. The highest BCUT2D eigenvalue weighted by Crippen LogP contribution is 1.74. The lowest BCUT2D eigenvalue weighted by atomic mass is 10.9. The third-order valence-electron chi connectivity index (χ3n) is 0.455. The Bertz CT molecular complexity index is 140. The fourth-order valence-corrected chi connectivity index (χ4v) is 0.231. The summed E-state index contributed by atoms with van der Waals surface area (Å²) in [6.45, 7) is 0. The van der Waals surface area contributed by atoms with Gasteiger partial charge < -0.3 is 0 Å². The van der Waals surface area contributed by atoms with Crippen molar-refractivity contribution in [2.45, 2.75) is 0 Å². The highest BCUT2D eigenvalue weighted by Gasteiger charge is 1.82. The molecule has 0 saturated heterocycles. The molecule has 0 bridgehead atoms. The molecule has 0 fully saturated rings. The van der Waals surface area contributed by atoms with Gasteiger partial charge in [-0.2, -0.15) is 9.49 Å². The highest BCUT2D eigenvalue weighted by molar-refractivity contribution is 4.62. The highest BCUT2D eigenvalue weighted by atomic mass is 19.1. The van der Waals surface area contributed by atoms with Crippen molar-refractivity contribution in [3.63, 3.8) is 0 Å². The first-order valence-corrected chi connectivity index (χ1v) is 1.69. The maximum absolute atomic E-state index is 11.6. The zero-order chi connectivity index (χ0) is 5.11. The van der Waals surface area contributed by atoms with Crippen LogP contribution in [0.25, 0.3) is 0 Å². The van der Waals surface area contributed by atoms with Crippen LogP contribution in [0.5, 0.6) is 0 Å². The van der Waals surface area contributed by atoms with Gasteiger partial charge in [0.1, 0.15) is 0 Å². The summed E-state index contributed by atoms with van der Waals surface area (Å²) in [6.07, 6.45) is 1.76. The summed E-state index contributed by atoms with van der Waals surface area (Å²) in [6, 6.07) is 0. The van der Waals surface area contributed by atoms with Crippen molar-refractivity contribution in [2.24, 2.45) is 0 Å². The molecule has 0 unspecified atom stereocenters. The molecule has 1 aromatic rings. The van der Waals surface area contributed by atoms with E-state index in [1.807, 2.05) is 0 Å². The molecule has 0 radical (unpaired) electrons. The third kappa shape index (κ3) is 0.887. The topological polar surface area (TPSA) is 38.7 Å². The Morgan fingerprint density at radius 2 is 2.29 bits per heavy atom. The van der Waals surface area contributed by atoms with Crippen LogP contribution >= 0.6 is 0 Å². The summed E-state index contributed by atoms with van der Waals surface area (Å²) in [4.78, 5) is 3.14. The minimum Gasteiger partial charge on any atom is -0.208 e. The number of aromatic nitrogens is 3. The average molecular weight is 99.1 g/mol. The third-order valence-corrected chi connectivity index (χ3v) is 0.455. The predicted octanol–water partition coefficient (Wildman–Crippen LogP) is 0.0107. The molecular weight excluding hydrogens is 97.1 g/mol. The van der Waals surface area contributed by atoms with E-state index in [0.717, 1.165) is 0 Å². The van der Waals surface area contributed by atoms with Gasteiger partial charge in [0, 0.05) is 0 Å². The van der Waals surface area contributed by atoms with Crippen molar-refractivity contribution in [1.82, 2.24) is 15.2 Å². The summed E-state index contributed by atoms with van der Waals surface area (Å²) in [7, 11) is 0. The quantitative estimate of drug-likeness (QED) is 0.460. The van der Waals surface area contributed by atoms with Crippen LogP contribution in [-0.2, 0) is 0 Å². The van der Waals surface area contributed by atoms with E-state index in [0.29, 0.717) is 0 Å². The Morgan fingerprint density at radius 1 is 1.43 bits per heavy atom. The molecule has 0 aromatic carbocycles. The smallest absolute Gasteiger partial charge is 0.208 e. The minimum atomic E-state index is -0.789. The van der Waals surface area contributed by atoms with Gasteiger partial charge in [-0.3, -0.25) is 0 Å². The molecular formula is C3H2FN3. The van der Waals surface area contributed by atoms with Crippen molar-refractivity contribution < 1.29 is 4.39 Å². The van der Waals surface area contributed by atoms with E-state index < -0.39 is 6.08 Å². The van der Waals surface area contributed by atoms with Crippen molar-refractivity contribution in [2.75, 3.05) is 0 Å². The Hall–Kier alpha value is -1.06. The molecule has 7 heavy (non-hydrogen) atoms. The number of halogens is 1. The van der Waals surface area contributed by atoms with Crippen LogP contribution < -0.4 is 0 Å². The Labute approximate surface area is 39.2 Å². The van der Waals surface area contributed by atoms with Crippen molar-refractivity contribution >= 4 is 0 Å². The number of rotatable bonds is 0. The second-order valence-corrected chi connectivity index (χ2v) is 0.912. The molecule has 1 rings (SSSR count). The van der Waals surface area contributed by atoms with Gasteiger partial charge in [0.25, 0.3) is 0 Å². The summed E-state index contributed by atoms with van der Waals surface area (Å²) >= 11 is 0. The van der Waals surface area contributed by atoms with E-state index in [2.05, 4.69) is 15.2 Å². The van der Waals surface area contributed by atoms with Gasteiger partial charge in [-0.15, -0.1) is 0 Å². The standard InChI is InChI=1S/C3H2FN3/c4-3-5-1-2-6-7-3/h1-2H. The van der Waals surface area contributed by atoms with Crippen LogP contribution in [0, 0.1) is 6.08 Å². The molecule has 36 valence electrons. The van der Waals surface area contributed by atoms with Crippen LogP contribution in [0.4, 0.5) is 4.39 Å². The zero-order valence-electron chi connectivity index (χ0n) is 3.37. The van der Waals surface area contributed by atoms with Crippen LogP contribution in [0.2, 0.25) is 0 Å². The summed E-state index contributed by atoms with van der Waals surface area (Å²) in [5.74, 6) is 0. The number of nitrogens with zero attached hydrogens (tertiary/aromatic N) is 3. The molecule has 0 aliphatic rings. The van der Waals surface area contributed by atoms with Gasteiger partial charge >= 0.3 is 6.08 Å². The van der Waals surface area contributed by atoms with E-state index in [1.54, 1.807) is 0 Å². The van der Waals surface area contributed by atoms with Gasteiger partial charge in [-0.25, -0.2) is 4.98 Å². The molecule has 0 aliphatic carbocycles. The Morgan fingerprint density at radius 3 is 2.57 bits per heavy atom. The van der Waals surface area contributed by atoms with Gasteiger partial charge in [0.2, 0.25) is 0 Å². The fraction of sp³-hybridized carbons (Fsp3) is 0. The summed E-state index contributed by atoms with van der Waals surface area (Å²) in [5.41, 5.74) is 0. The van der Waals surface area contributed by atoms with E-state index in [1.165, 1.54) is 12.4 Å². The van der Waals surface area contributed by atoms with E-state index >= 15 is 0 Å². The fourth-order valence-electron chi connectivity index (χ4n) is 0.231. The van der Waals surface area contributed by atoms with Crippen LogP contribution in [0.15, 0.2) is 12.4 Å². The first-order chi connectivity index (χ1) is 3.39. The van der Waals surface area contributed by atoms with E-state index in [-0.39, 0.29) is 0 Å². The molecule has 4 heteroatoms. The normalized spacial score (nSPS) is 8.71. The molecule has 3 nitrogen and oxygen atoms in total. The number of hydrogen-bond acceptors (Lipinski definition) is 3. The van der Waals surface area contributed by atoms with Gasteiger partial charge in [0.05, 0.1) is 12.4 Å². The van der Waals surface area contributed by atoms with Crippen molar-refractivity contribution in [3.8, 4) is 0 Å². The second kappa shape index (κ2) is 1.59. The maximum atomic E-state index is 11.6. The first kappa shape index (κ1) is 4.11. The largest absolute Gasteiger partial charge is 0.327 e. The average Bonchev–Trinajstić information content (AvgIpc) is 1.69. The van der Waals surface area contributed by atoms with Gasteiger partial charge in [-0.1, -0.05) is 5.10 Å². The Kier molecular flexibility index (Phi) is 0.934. The van der Waals surface area contributed by atoms with Crippen LogP contribution in [0.3, 0.4) is 0 Å². The maximum Gasteiger partial charge on any atom is 0.327 e. The monoisotopic (exact) mass is 99.0 g/mol. The number of hydrogen-bond donors (Lipinski definition) is 0. The van der Waals surface area contributed by atoms with E-state index in [4.69, 9.17) is 0 Å². The zero-order valence-corrected chi connectivity index (χ0v) is 3.37. The minimum absolute atomic E-state index is 0.789. The lowest BCUT2D eigenvalue weighted by Gasteiger charge is -1.76. The van der Waals surface area contributed by atoms with Crippen LogP contribution in [-0.4, -0.2) is 15.2 Å². The van der Waals surface area contributed by atoms with Crippen LogP contribution in [0.1, 0.15) is 0 Å². The molecule has 1 aromatic heterocycles. The molecule has 0 atom stereocenters. The molecule has 0 saturated carbocycles. The molecule has 0 amide bonds. The molecule has 0 spiro atoms. The lowest BCUT2D eigenvalue weighted by molar-refractivity contribution is 0.518.